The van der Waals surface area contributed by atoms with Gasteiger partial charge < -0.3 is 19.6 Å². The summed E-state index contributed by atoms with van der Waals surface area (Å²) in [5.74, 6) is 3.08. The lowest BCUT2D eigenvalue weighted by molar-refractivity contribution is 0.264. The molecular weight excluding hydrogens is 392 g/mol. The van der Waals surface area contributed by atoms with Crippen LogP contribution in [0.1, 0.15) is 16.9 Å². The molecule has 0 saturated carbocycles. The van der Waals surface area contributed by atoms with Crippen LogP contribution in [-0.2, 0) is 10.3 Å². The van der Waals surface area contributed by atoms with Crippen molar-refractivity contribution in [3.8, 4) is 33.9 Å². The Labute approximate surface area is 178 Å². The summed E-state index contributed by atoms with van der Waals surface area (Å²) in [6.07, 6.45) is 5.06. The van der Waals surface area contributed by atoms with Gasteiger partial charge in [-0.25, -0.2) is 15.0 Å². The number of furan rings is 1. The molecule has 0 fully saturated rings. The molecule has 31 heavy (non-hydrogen) atoms. The predicted octanol–water partition coefficient (Wildman–Crippen LogP) is 4.41. The Kier molecular flexibility index (Phi) is 3.67. The Morgan fingerprint density at radius 3 is 2.23 bits per heavy atom. The Bertz CT molecular complexity index is 1350. The second-order valence-electron chi connectivity index (χ2n) is 7.66. The molecule has 0 aliphatic carbocycles. The number of hydrogen-bond donors (Lipinski definition) is 1. The predicted molar refractivity (Wildman–Crippen MR) is 115 cm³/mol. The van der Waals surface area contributed by atoms with E-state index in [4.69, 9.17) is 24.6 Å². The summed E-state index contributed by atoms with van der Waals surface area (Å²) in [6.45, 7) is 2.21. The highest BCUT2D eigenvalue weighted by Gasteiger charge is 2.47. The van der Waals surface area contributed by atoms with Gasteiger partial charge in [0.15, 0.2) is 5.54 Å². The molecule has 0 unspecified atom stereocenters. The second-order valence-corrected chi connectivity index (χ2v) is 7.66. The van der Waals surface area contributed by atoms with Crippen molar-refractivity contribution in [3.05, 3.63) is 84.1 Å². The van der Waals surface area contributed by atoms with Crippen molar-refractivity contribution in [1.29, 1.82) is 0 Å². The van der Waals surface area contributed by atoms with Crippen molar-refractivity contribution in [2.45, 2.75) is 12.5 Å². The number of fused-ring (bicyclic) bond motifs is 4. The summed E-state index contributed by atoms with van der Waals surface area (Å²) in [4.78, 5) is 13.0. The third-order valence-electron chi connectivity index (χ3n) is 5.72. The molecule has 2 aromatic carbocycles. The average molecular weight is 410 g/mol. The van der Waals surface area contributed by atoms with Crippen molar-refractivity contribution in [2.75, 3.05) is 6.61 Å². The minimum Gasteiger partial charge on any atom is -0.462 e. The Morgan fingerprint density at radius 1 is 0.871 bits per heavy atom. The maximum Gasteiger partial charge on any atom is 0.283 e. The highest BCUT2D eigenvalue weighted by atomic mass is 16.5. The van der Waals surface area contributed by atoms with Crippen LogP contribution in [0.5, 0.6) is 11.5 Å². The maximum atomic E-state index is 6.26. The zero-order valence-electron chi connectivity index (χ0n) is 16.7. The van der Waals surface area contributed by atoms with E-state index in [1.165, 1.54) is 6.33 Å². The molecule has 4 heterocycles. The number of nitrogens with zero attached hydrogens (tertiary/aromatic N) is 3. The first-order valence-corrected chi connectivity index (χ1v) is 9.90. The molecule has 6 rings (SSSR count). The molecule has 0 amide bonds. The van der Waals surface area contributed by atoms with Crippen LogP contribution in [0.15, 0.2) is 76.7 Å². The van der Waals surface area contributed by atoms with E-state index < -0.39 is 5.54 Å². The molecule has 0 saturated heterocycles. The molecule has 2 N–H and O–H groups in total. The van der Waals surface area contributed by atoms with Crippen LogP contribution in [0.4, 0.5) is 0 Å². The van der Waals surface area contributed by atoms with Gasteiger partial charge in [0.2, 0.25) is 0 Å². The highest BCUT2D eigenvalue weighted by Crippen LogP contribution is 2.52. The lowest BCUT2D eigenvalue weighted by Crippen LogP contribution is -2.31. The molecule has 2 aromatic heterocycles. The van der Waals surface area contributed by atoms with Crippen molar-refractivity contribution >= 4 is 6.02 Å². The minimum absolute atomic E-state index is 0.159. The summed E-state index contributed by atoms with van der Waals surface area (Å²) < 4.78 is 17.8. The molecule has 2 aliphatic rings. The average Bonchev–Trinajstić information content (AvgIpc) is 3.41. The number of benzene rings is 2. The van der Waals surface area contributed by atoms with Gasteiger partial charge in [-0.2, -0.15) is 0 Å². The minimum atomic E-state index is -0.809. The van der Waals surface area contributed by atoms with E-state index in [0.29, 0.717) is 0 Å². The fourth-order valence-electron chi connectivity index (χ4n) is 4.23. The fraction of sp³-hybridized carbons (Fsp3) is 0.125. The Hall–Kier alpha value is -4.13. The summed E-state index contributed by atoms with van der Waals surface area (Å²) in [6, 6.07) is 16.0. The molecule has 0 radical (unpaired) electrons. The van der Waals surface area contributed by atoms with Gasteiger partial charge in [0.05, 0.1) is 0 Å². The zero-order valence-corrected chi connectivity index (χ0v) is 16.7. The normalized spacial score (nSPS) is 18.7. The maximum absolute atomic E-state index is 6.26. The number of aliphatic imine (C=N–C) groups is 1. The van der Waals surface area contributed by atoms with Gasteiger partial charge in [-0.3, -0.25) is 0 Å². The second kappa shape index (κ2) is 6.43. The topological polar surface area (TPSA) is 95.8 Å². The van der Waals surface area contributed by atoms with Gasteiger partial charge >= 0.3 is 0 Å². The monoisotopic (exact) mass is 410 g/mol. The highest BCUT2D eigenvalue weighted by molar-refractivity contribution is 5.78. The smallest absolute Gasteiger partial charge is 0.283 e. The van der Waals surface area contributed by atoms with Gasteiger partial charge in [0.25, 0.3) is 6.02 Å². The largest absolute Gasteiger partial charge is 0.462 e. The van der Waals surface area contributed by atoms with Gasteiger partial charge in [-0.1, -0.05) is 6.07 Å². The van der Waals surface area contributed by atoms with Gasteiger partial charge in [0.1, 0.15) is 36.0 Å². The zero-order chi connectivity index (χ0) is 21.0. The van der Waals surface area contributed by atoms with Gasteiger partial charge in [0, 0.05) is 34.6 Å². The van der Waals surface area contributed by atoms with Crippen LogP contribution in [0, 0.1) is 6.92 Å². The molecule has 1 atom stereocenters. The first kappa shape index (κ1) is 17.7. The molecule has 4 aromatic rings. The number of rotatable bonds is 2. The van der Waals surface area contributed by atoms with E-state index in [0.717, 1.165) is 50.8 Å². The van der Waals surface area contributed by atoms with Gasteiger partial charge in [-0.05, 0) is 55.0 Å². The summed E-state index contributed by atoms with van der Waals surface area (Å²) in [5, 5.41) is 0. The van der Waals surface area contributed by atoms with Crippen LogP contribution >= 0.6 is 0 Å². The third-order valence-corrected chi connectivity index (χ3v) is 5.72. The number of aryl methyl sites for hydroxylation is 1. The van der Waals surface area contributed by atoms with Crippen LogP contribution in [0.3, 0.4) is 0 Å². The van der Waals surface area contributed by atoms with Crippen LogP contribution in [0.25, 0.3) is 22.5 Å². The van der Waals surface area contributed by atoms with Crippen molar-refractivity contribution in [2.24, 2.45) is 10.7 Å². The number of hydrogen-bond acceptors (Lipinski definition) is 7. The van der Waals surface area contributed by atoms with Crippen LogP contribution in [-0.4, -0.2) is 22.6 Å². The third kappa shape index (κ3) is 2.70. The van der Waals surface area contributed by atoms with Crippen LogP contribution in [0.2, 0.25) is 0 Å². The van der Waals surface area contributed by atoms with E-state index in [1.54, 1.807) is 12.4 Å². The van der Waals surface area contributed by atoms with Gasteiger partial charge in [-0.15, -0.1) is 0 Å². The lowest BCUT2D eigenvalue weighted by atomic mass is 9.80. The molecule has 2 aliphatic heterocycles. The quantitative estimate of drug-likeness (QED) is 0.526. The Morgan fingerprint density at radius 2 is 1.58 bits per heavy atom. The van der Waals surface area contributed by atoms with E-state index in [2.05, 4.69) is 9.97 Å². The fourth-order valence-corrected chi connectivity index (χ4v) is 4.23. The first-order chi connectivity index (χ1) is 15.1. The van der Waals surface area contributed by atoms with Crippen LogP contribution < -0.4 is 10.5 Å². The molecule has 152 valence electrons. The van der Waals surface area contributed by atoms with E-state index in [-0.39, 0.29) is 12.6 Å². The SMILES string of the molecule is Cc1ccc(-c2ccc3c(c2)[C@]2(COC(N)=N2)c2cc(-c4cncnc4)ccc2O3)o1. The number of amidine groups is 1. The summed E-state index contributed by atoms with van der Waals surface area (Å²) in [5.41, 5.74) is 9.77. The number of aromatic nitrogens is 2. The molecule has 1 spiro atoms. The van der Waals surface area contributed by atoms with E-state index >= 15 is 0 Å². The molecule has 7 nitrogen and oxygen atoms in total. The van der Waals surface area contributed by atoms with Crippen molar-refractivity contribution in [3.63, 3.8) is 0 Å². The Balaban J connectivity index is 1.56. The van der Waals surface area contributed by atoms with Crippen molar-refractivity contribution < 1.29 is 13.9 Å². The lowest BCUT2D eigenvalue weighted by Gasteiger charge is -2.34. The number of ether oxygens (including phenoxy) is 2. The van der Waals surface area contributed by atoms with E-state index in [1.807, 2.05) is 55.5 Å². The number of nitrogens with two attached hydrogens (primary N) is 1. The van der Waals surface area contributed by atoms with E-state index in [9.17, 15) is 0 Å². The molecule has 0 bridgehead atoms. The molecule has 7 heteroatoms. The molecular formula is C24H18N4O3. The summed E-state index contributed by atoms with van der Waals surface area (Å²) >= 11 is 0. The van der Waals surface area contributed by atoms with Crippen molar-refractivity contribution in [1.82, 2.24) is 9.97 Å². The standard InChI is InChI=1S/C24H18N4O3/c1-14-2-5-20(30-14)16-4-7-22-19(9-16)24(12-29-23(25)28-24)18-8-15(3-6-21(18)31-22)17-10-26-13-27-11-17/h2-11,13H,12H2,1H3,(H2,25,28)/t24-/m0/s1. The first-order valence-electron chi connectivity index (χ1n) is 9.90. The summed E-state index contributed by atoms with van der Waals surface area (Å²) in [7, 11) is 0.